The number of rotatable bonds is 2. The quantitative estimate of drug-likeness (QED) is 0.898. The SMILES string of the molecule is CC(N)c1ccc(N2CCCCCC2)c(Br)c1. The first-order valence-electron chi connectivity index (χ1n) is 6.48. The summed E-state index contributed by atoms with van der Waals surface area (Å²) in [5.74, 6) is 0. The maximum atomic E-state index is 5.90. The molecule has 17 heavy (non-hydrogen) atoms. The van der Waals surface area contributed by atoms with Gasteiger partial charge in [0.1, 0.15) is 0 Å². The molecule has 0 aromatic heterocycles. The summed E-state index contributed by atoms with van der Waals surface area (Å²) in [6.07, 6.45) is 5.35. The highest BCUT2D eigenvalue weighted by atomic mass is 79.9. The van der Waals surface area contributed by atoms with Gasteiger partial charge in [0.15, 0.2) is 0 Å². The summed E-state index contributed by atoms with van der Waals surface area (Å²) in [5, 5.41) is 0. The molecule has 0 radical (unpaired) electrons. The van der Waals surface area contributed by atoms with Gasteiger partial charge in [0.25, 0.3) is 0 Å². The van der Waals surface area contributed by atoms with Gasteiger partial charge in [0, 0.05) is 23.6 Å². The fraction of sp³-hybridized carbons (Fsp3) is 0.571. The number of nitrogens with zero attached hydrogens (tertiary/aromatic N) is 1. The van der Waals surface area contributed by atoms with Gasteiger partial charge in [-0.05, 0) is 53.4 Å². The third-order valence-electron chi connectivity index (χ3n) is 3.44. The highest BCUT2D eigenvalue weighted by Gasteiger charge is 2.13. The van der Waals surface area contributed by atoms with Crippen LogP contribution < -0.4 is 10.6 Å². The summed E-state index contributed by atoms with van der Waals surface area (Å²) in [4.78, 5) is 2.49. The fourth-order valence-electron chi connectivity index (χ4n) is 2.37. The predicted molar refractivity (Wildman–Crippen MR) is 77.4 cm³/mol. The molecule has 1 aliphatic heterocycles. The monoisotopic (exact) mass is 296 g/mol. The van der Waals surface area contributed by atoms with E-state index in [1.54, 1.807) is 0 Å². The molecule has 1 atom stereocenters. The van der Waals surface area contributed by atoms with E-state index in [0.29, 0.717) is 0 Å². The van der Waals surface area contributed by atoms with Gasteiger partial charge in [-0.1, -0.05) is 18.9 Å². The van der Waals surface area contributed by atoms with Crippen LogP contribution in [0.4, 0.5) is 5.69 Å². The highest BCUT2D eigenvalue weighted by Crippen LogP contribution is 2.30. The number of hydrogen-bond acceptors (Lipinski definition) is 2. The third kappa shape index (κ3) is 3.23. The molecule has 1 aromatic rings. The largest absolute Gasteiger partial charge is 0.371 e. The summed E-state index contributed by atoms with van der Waals surface area (Å²) in [7, 11) is 0. The highest BCUT2D eigenvalue weighted by molar-refractivity contribution is 9.10. The lowest BCUT2D eigenvalue weighted by atomic mass is 10.1. The zero-order chi connectivity index (χ0) is 12.3. The molecular weight excluding hydrogens is 276 g/mol. The van der Waals surface area contributed by atoms with Gasteiger partial charge < -0.3 is 10.6 Å². The van der Waals surface area contributed by atoms with Crippen LogP contribution in [0.5, 0.6) is 0 Å². The van der Waals surface area contributed by atoms with Gasteiger partial charge in [0.2, 0.25) is 0 Å². The topological polar surface area (TPSA) is 29.3 Å². The molecule has 1 unspecified atom stereocenters. The number of nitrogens with two attached hydrogens (primary N) is 1. The van der Waals surface area contributed by atoms with Crippen LogP contribution in [0.25, 0.3) is 0 Å². The first-order valence-corrected chi connectivity index (χ1v) is 7.28. The summed E-state index contributed by atoms with van der Waals surface area (Å²) in [5.41, 5.74) is 8.41. The Morgan fingerprint density at radius 2 is 1.82 bits per heavy atom. The minimum absolute atomic E-state index is 0.101. The number of benzene rings is 1. The second-order valence-electron chi connectivity index (χ2n) is 4.90. The average Bonchev–Trinajstić information content (AvgIpc) is 2.57. The van der Waals surface area contributed by atoms with Crippen LogP contribution in [0, 0.1) is 0 Å². The molecule has 1 saturated heterocycles. The Morgan fingerprint density at radius 3 is 2.35 bits per heavy atom. The van der Waals surface area contributed by atoms with E-state index >= 15 is 0 Å². The Labute approximate surface area is 112 Å². The Hall–Kier alpha value is -0.540. The van der Waals surface area contributed by atoms with Gasteiger partial charge in [0.05, 0.1) is 5.69 Å². The van der Waals surface area contributed by atoms with E-state index < -0.39 is 0 Å². The molecule has 2 nitrogen and oxygen atoms in total. The molecular formula is C14H21BrN2. The lowest BCUT2D eigenvalue weighted by Gasteiger charge is -2.24. The minimum Gasteiger partial charge on any atom is -0.371 e. The van der Waals surface area contributed by atoms with E-state index in [1.807, 2.05) is 6.92 Å². The molecule has 0 amide bonds. The molecule has 0 saturated carbocycles. The van der Waals surface area contributed by atoms with Crippen molar-refractivity contribution in [3.05, 3.63) is 28.2 Å². The molecule has 2 rings (SSSR count). The molecule has 3 heteroatoms. The second kappa shape index (κ2) is 5.87. The van der Waals surface area contributed by atoms with E-state index in [0.717, 1.165) is 0 Å². The first-order chi connectivity index (χ1) is 8.18. The van der Waals surface area contributed by atoms with Gasteiger partial charge in [-0.25, -0.2) is 0 Å². The van der Waals surface area contributed by atoms with Crippen LogP contribution in [0.1, 0.15) is 44.2 Å². The van der Waals surface area contributed by atoms with Crippen molar-refractivity contribution in [2.24, 2.45) is 5.73 Å². The van der Waals surface area contributed by atoms with E-state index in [2.05, 4.69) is 39.0 Å². The van der Waals surface area contributed by atoms with Crippen molar-refractivity contribution >= 4 is 21.6 Å². The Kier molecular flexibility index (Phi) is 4.46. The molecule has 94 valence electrons. The predicted octanol–water partition coefficient (Wildman–Crippen LogP) is 3.85. The molecule has 1 aromatic carbocycles. The van der Waals surface area contributed by atoms with Crippen molar-refractivity contribution in [1.29, 1.82) is 0 Å². The van der Waals surface area contributed by atoms with Crippen LogP contribution in [0.2, 0.25) is 0 Å². The van der Waals surface area contributed by atoms with E-state index in [4.69, 9.17) is 5.73 Å². The van der Waals surface area contributed by atoms with E-state index in [9.17, 15) is 0 Å². The van der Waals surface area contributed by atoms with Crippen molar-refractivity contribution in [3.63, 3.8) is 0 Å². The molecule has 1 fully saturated rings. The normalized spacial score (nSPS) is 18.9. The van der Waals surface area contributed by atoms with Gasteiger partial charge in [-0.15, -0.1) is 0 Å². The van der Waals surface area contributed by atoms with Crippen LogP contribution in [0.3, 0.4) is 0 Å². The fourth-order valence-corrected chi connectivity index (χ4v) is 3.02. The summed E-state index contributed by atoms with van der Waals surface area (Å²) < 4.78 is 1.18. The van der Waals surface area contributed by atoms with Gasteiger partial charge in [-0.2, -0.15) is 0 Å². The molecule has 0 aliphatic carbocycles. The number of hydrogen-bond donors (Lipinski definition) is 1. The lowest BCUT2D eigenvalue weighted by molar-refractivity contribution is 0.726. The Bertz CT molecular complexity index is 368. The summed E-state index contributed by atoms with van der Waals surface area (Å²) in [6.45, 7) is 4.37. The maximum absolute atomic E-state index is 5.90. The number of halogens is 1. The van der Waals surface area contributed by atoms with E-state index in [1.165, 1.54) is 54.5 Å². The molecule has 1 heterocycles. The molecule has 0 bridgehead atoms. The smallest absolute Gasteiger partial charge is 0.0510 e. The summed E-state index contributed by atoms with van der Waals surface area (Å²) in [6, 6.07) is 6.61. The van der Waals surface area contributed by atoms with Gasteiger partial charge >= 0.3 is 0 Å². The van der Waals surface area contributed by atoms with Crippen molar-refractivity contribution < 1.29 is 0 Å². The standard InChI is InChI=1S/C14H21BrN2/c1-11(16)12-6-7-14(13(15)10-12)17-8-4-2-3-5-9-17/h6-7,10-11H,2-5,8-9,16H2,1H3. The Morgan fingerprint density at radius 1 is 1.18 bits per heavy atom. The molecule has 1 aliphatic rings. The van der Waals surface area contributed by atoms with Crippen molar-refractivity contribution in [2.45, 2.75) is 38.6 Å². The second-order valence-corrected chi connectivity index (χ2v) is 5.76. The van der Waals surface area contributed by atoms with Crippen molar-refractivity contribution in [3.8, 4) is 0 Å². The number of anilines is 1. The first kappa shape index (κ1) is 12.9. The Balaban J connectivity index is 2.19. The van der Waals surface area contributed by atoms with E-state index in [-0.39, 0.29) is 6.04 Å². The van der Waals surface area contributed by atoms with Crippen molar-refractivity contribution in [1.82, 2.24) is 0 Å². The maximum Gasteiger partial charge on any atom is 0.0510 e. The zero-order valence-electron chi connectivity index (χ0n) is 10.5. The van der Waals surface area contributed by atoms with Crippen LogP contribution >= 0.6 is 15.9 Å². The minimum atomic E-state index is 0.101. The van der Waals surface area contributed by atoms with Crippen molar-refractivity contribution in [2.75, 3.05) is 18.0 Å². The lowest BCUT2D eigenvalue weighted by Crippen LogP contribution is -2.24. The average molecular weight is 297 g/mol. The molecule has 0 spiro atoms. The van der Waals surface area contributed by atoms with Crippen LogP contribution in [0.15, 0.2) is 22.7 Å². The van der Waals surface area contributed by atoms with Gasteiger partial charge in [-0.3, -0.25) is 0 Å². The molecule has 2 N–H and O–H groups in total. The zero-order valence-corrected chi connectivity index (χ0v) is 12.0. The van der Waals surface area contributed by atoms with Crippen LogP contribution in [-0.4, -0.2) is 13.1 Å². The third-order valence-corrected chi connectivity index (χ3v) is 4.08. The summed E-state index contributed by atoms with van der Waals surface area (Å²) >= 11 is 3.68. The van der Waals surface area contributed by atoms with Crippen LogP contribution in [-0.2, 0) is 0 Å².